The molecule has 1 saturated heterocycles. The van der Waals surface area contributed by atoms with E-state index in [1.807, 2.05) is 0 Å². The van der Waals surface area contributed by atoms with Crippen LogP contribution in [0, 0.1) is 0 Å². The third kappa shape index (κ3) is 2.96. The van der Waals surface area contributed by atoms with E-state index in [2.05, 4.69) is 38.1 Å². The predicted octanol–water partition coefficient (Wildman–Crippen LogP) is 2.27. The zero-order valence-corrected chi connectivity index (χ0v) is 11.4. The van der Waals surface area contributed by atoms with E-state index in [1.165, 1.54) is 19.3 Å². The molecule has 1 rings (SSSR count). The van der Waals surface area contributed by atoms with Crippen molar-refractivity contribution in [3.05, 3.63) is 0 Å². The molecule has 0 bridgehead atoms. The Kier molecular flexibility index (Phi) is 5.22. The summed E-state index contributed by atoms with van der Waals surface area (Å²) in [6.45, 7) is 9.80. The molecule has 3 heteroatoms. The average molecular weight is 227 g/mol. The Morgan fingerprint density at radius 2 is 1.69 bits per heavy atom. The van der Waals surface area contributed by atoms with E-state index in [0.29, 0.717) is 12.1 Å². The fourth-order valence-electron chi connectivity index (χ4n) is 2.66. The fourth-order valence-corrected chi connectivity index (χ4v) is 2.66. The third-order valence-electron chi connectivity index (χ3n) is 4.30. The first-order valence-corrected chi connectivity index (χ1v) is 6.84. The lowest BCUT2D eigenvalue weighted by Crippen LogP contribution is -2.63. The van der Waals surface area contributed by atoms with Crippen LogP contribution < -0.4 is 11.2 Å². The third-order valence-corrected chi connectivity index (χ3v) is 4.30. The highest BCUT2D eigenvalue weighted by Gasteiger charge is 2.32. The molecule has 1 heterocycles. The Morgan fingerprint density at radius 1 is 1.19 bits per heavy atom. The van der Waals surface area contributed by atoms with Gasteiger partial charge in [-0.3, -0.25) is 0 Å². The molecule has 16 heavy (non-hydrogen) atoms. The molecule has 2 unspecified atom stereocenters. The molecule has 3 nitrogen and oxygen atoms in total. The van der Waals surface area contributed by atoms with E-state index in [1.54, 1.807) is 0 Å². The maximum atomic E-state index is 5.95. The molecule has 0 aromatic carbocycles. The Morgan fingerprint density at radius 3 is 2.06 bits per heavy atom. The van der Waals surface area contributed by atoms with Gasteiger partial charge in [-0.05, 0) is 39.5 Å². The zero-order valence-electron chi connectivity index (χ0n) is 11.4. The van der Waals surface area contributed by atoms with Crippen LogP contribution in [0.1, 0.15) is 59.8 Å². The molecule has 0 aromatic rings. The highest BCUT2D eigenvalue weighted by Crippen LogP contribution is 2.24. The molecule has 1 aliphatic heterocycles. The first kappa shape index (κ1) is 13.9. The number of hydrazine groups is 1. The van der Waals surface area contributed by atoms with Crippen molar-refractivity contribution in [2.45, 2.75) is 77.4 Å². The van der Waals surface area contributed by atoms with E-state index < -0.39 is 0 Å². The van der Waals surface area contributed by atoms with Gasteiger partial charge in [0.05, 0.1) is 0 Å². The van der Waals surface area contributed by atoms with Gasteiger partial charge in [-0.15, -0.1) is 0 Å². The van der Waals surface area contributed by atoms with Crippen LogP contribution in [0.3, 0.4) is 0 Å². The minimum absolute atomic E-state index is 0.0971. The molecular formula is C13H29N3. The molecule has 0 amide bonds. The lowest BCUT2D eigenvalue weighted by Gasteiger charge is -2.46. The topological polar surface area (TPSA) is 41.3 Å². The average Bonchev–Trinajstić information content (AvgIpc) is 2.30. The van der Waals surface area contributed by atoms with E-state index in [-0.39, 0.29) is 5.54 Å². The summed E-state index contributed by atoms with van der Waals surface area (Å²) < 4.78 is 0. The molecule has 0 saturated carbocycles. The SMILES string of the molecule is CCC(CC)(CN)NN1C(C)CCCC1C. The lowest BCUT2D eigenvalue weighted by atomic mass is 9.92. The Balaban J connectivity index is 2.68. The van der Waals surface area contributed by atoms with Crippen LogP contribution in [0.4, 0.5) is 0 Å². The lowest BCUT2D eigenvalue weighted by molar-refractivity contribution is -0.000771. The van der Waals surface area contributed by atoms with Crippen LogP contribution in [0.25, 0.3) is 0 Å². The molecule has 0 spiro atoms. The van der Waals surface area contributed by atoms with E-state index in [9.17, 15) is 0 Å². The van der Waals surface area contributed by atoms with Crippen LogP contribution in [0.15, 0.2) is 0 Å². The highest BCUT2D eigenvalue weighted by molar-refractivity contribution is 4.88. The zero-order chi connectivity index (χ0) is 12.2. The fraction of sp³-hybridized carbons (Fsp3) is 1.00. The van der Waals surface area contributed by atoms with Crippen molar-refractivity contribution >= 4 is 0 Å². The molecule has 0 aromatic heterocycles. The van der Waals surface area contributed by atoms with Crippen molar-refractivity contribution in [3.63, 3.8) is 0 Å². The van der Waals surface area contributed by atoms with Gasteiger partial charge in [-0.25, -0.2) is 10.4 Å². The van der Waals surface area contributed by atoms with Crippen LogP contribution in [-0.4, -0.2) is 29.2 Å². The van der Waals surface area contributed by atoms with Crippen molar-refractivity contribution in [3.8, 4) is 0 Å². The van der Waals surface area contributed by atoms with Crippen LogP contribution >= 0.6 is 0 Å². The van der Waals surface area contributed by atoms with Gasteiger partial charge >= 0.3 is 0 Å². The minimum Gasteiger partial charge on any atom is -0.329 e. The first-order valence-electron chi connectivity index (χ1n) is 6.84. The van der Waals surface area contributed by atoms with Crippen LogP contribution in [0.2, 0.25) is 0 Å². The van der Waals surface area contributed by atoms with Crippen LogP contribution in [-0.2, 0) is 0 Å². The monoisotopic (exact) mass is 227 g/mol. The summed E-state index contributed by atoms with van der Waals surface area (Å²) in [4.78, 5) is 0. The molecule has 96 valence electrons. The van der Waals surface area contributed by atoms with Gasteiger partial charge in [0, 0.05) is 24.2 Å². The van der Waals surface area contributed by atoms with Gasteiger partial charge in [0.15, 0.2) is 0 Å². The van der Waals surface area contributed by atoms with Crippen molar-refractivity contribution in [1.29, 1.82) is 0 Å². The maximum Gasteiger partial charge on any atom is 0.0443 e. The molecule has 1 aliphatic rings. The van der Waals surface area contributed by atoms with Crippen molar-refractivity contribution in [2.75, 3.05) is 6.54 Å². The molecule has 1 fully saturated rings. The smallest absolute Gasteiger partial charge is 0.0443 e. The second kappa shape index (κ2) is 5.99. The number of hydrogen-bond donors (Lipinski definition) is 2. The summed E-state index contributed by atoms with van der Waals surface area (Å²) >= 11 is 0. The van der Waals surface area contributed by atoms with Gasteiger partial charge < -0.3 is 5.73 Å². The second-order valence-corrected chi connectivity index (χ2v) is 5.34. The van der Waals surface area contributed by atoms with Gasteiger partial charge in [-0.1, -0.05) is 20.3 Å². The van der Waals surface area contributed by atoms with E-state index in [4.69, 9.17) is 5.73 Å². The molecular weight excluding hydrogens is 198 g/mol. The molecule has 3 N–H and O–H groups in total. The maximum absolute atomic E-state index is 5.95. The number of nitrogens with two attached hydrogens (primary N) is 1. The van der Waals surface area contributed by atoms with Gasteiger partial charge in [0.25, 0.3) is 0 Å². The van der Waals surface area contributed by atoms with Crippen LogP contribution in [0.5, 0.6) is 0 Å². The van der Waals surface area contributed by atoms with Gasteiger partial charge in [-0.2, -0.15) is 0 Å². The summed E-state index contributed by atoms with van der Waals surface area (Å²) in [7, 11) is 0. The van der Waals surface area contributed by atoms with Gasteiger partial charge in [0.2, 0.25) is 0 Å². The summed E-state index contributed by atoms with van der Waals surface area (Å²) in [5.41, 5.74) is 9.77. The number of nitrogens with one attached hydrogen (secondary N) is 1. The number of piperidine rings is 1. The largest absolute Gasteiger partial charge is 0.329 e. The van der Waals surface area contributed by atoms with E-state index >= 15 is 0 Å². The second-order valence-electron chi connectivity index (χ2n) is 5.34. The van der Waals surface area contributed by atoms with Crippen molar-refractivity contribution < 1.29 is 0 Å². The number of nitrogens with zero attached hydrogens (tertiary/aromatic N) is 1. The quantitative estimate of drug-likeness (QED) is 0.757. The highest BCUT2D eigenvalue weighted by atomic mass is 15.6. The first-order chi connectivity index (χ1) is 7.58. The summed E-state index contributed by atoms with van der Waals surface area (Å²) in [5.74, 6) is 0. The standard InChI is InChI=1S/C13H29N3/c1-5-13(6-2,10-14)15-16-11(3)8-7-9-12(16)4/h11-12,15H,5-10,14H2,1-4H3. The molecule has 2 atom stereocenters. The Bertz CT molecular complexity index is 183. The normalized spacial score (nSPS) is 28.3. The summed E-state index contributed by atoms with van der Waals surface area (Å²) in [6, 6.07) is 1.26. The predicted molar refractivity (Wildman–Crippen MR) is 70.1 cm³/mol. The van der Waals surface area contributed by atoms with Crippen molar-refractivity contribution in [1.82, 2.24) is 10.4 Å². The summed E-state index contributed by atoms with van der Waals surface area (Å²) in [5, 5.41) is 2.45. The van der Waals surface area contributed by atoms with Crippen molar-refractivity contribution in [2.24, 2.45) is 5.73 Å². The van der Waals surface area contributed by atoms with E-state index in [0.717, 1.165) is 19.4 Å². The molecule has 0 radical (unpaired) electrons. The minimum atomic E-state index is 0.0971. The van der Waals surface area contributed by atoms with Gasteiger partial charge in [0.1, 0.15) is 0 Å². The summed E-state index contributed by atoms with van der Waals surface area (Å²) in [6.07, 6.45) is 6.14. The number of hydrogen-bond acceptors (Lipinski definition) is 3. The Labute approximate surface area is 101 Å². The molecule has 0 aliphatic carbocycles. The Hall–Kier alpha value is -0.120. The number of rotatable bonds is 5.